The molecule has 1 N–H and O–H groups in total. The first-order valence-corrected chi connectivity index (χ1v) is 8.56. The third-order valence-electron chi connectivity index (χ3n) is 3.98. The largest absolute Gasteiger partial charge is 0.467 e. The number of aromatic nitrogens is 2. The summed E-state index contributed by atoms with van der Waals surface area (Å²) >= 11 is 0. The molecular formula is C20H22N4O2. The fraction of sp³-hybridized carbons (Fsp3) is 0.250. The number of anilines is 1. The molecule has 2 aromatic heterocycles. The third kappa shape index (κ3) is 4.47. The Bertz CT molecular complexity index is 815. The van der Waals surface area contributed by atoms with E-state index in [0.717, 1.165) is 0 Å². The van der Waals surface area contributed by atoms with Crippen molar-refractivity contribution in [3.63, 3.8) is 0 Å². The standard InChI is InChI=1S/C20H22N4O2/c1-15(2)24(14-16-7-4-3-5-8-16)20-22-11-17(12-23-20)19(25)21-13-18-9-6-10-26-18/h3-12,15H,13-14H2,1-2H3,(H,21,25). The Morgan fingerprint density at radius 3 is 2.46 bits per heavy atom. The lowest BCUT2D eigenvalue weighted by Gasteiger charge is -2.26. The second kappa shape index (κ2) is 8.29. The molecule has 0 aliphatic carbocycles. The van der Waals surface area contributed by atoms with Gasteiger partial charge in [-0.25, -0.2) is 9.97 Å². The van der Waals surface area contributed by atoms with Gasteiger partial charge < -0.3 is 14.6 Å². The first-order valence-electron chi connectivity index (χ1n) is 8.56. The van der Waals surface area contributed by atoms with Crippen molar-refractivity contribution >= 4 is 11.9 Å². The summed E-state index contributed by atoms with van der Waals surface area (Å²) in [4.78, 5) is 23.1. The van der Waals surface area contributed by atoms with Crippen LogP contribution in [0.2, 0.25) is 0 Å². The van der Waals surface area contributed by atoms with Gasteiger partial charge in [0.25, 0.3) is 5.91 Å². The summed E-state index contributed by atoms with van der Waals surface area (Å²) in [5.74, 6) is 1.07. The van der Waals surface area contributed by atoms with E-state index in [2.05, 4.69) is 46.2 Å². The second-order valence-electron chi connectivity index (χ2n) is 6.24. The van der Waals surface area contributed by atoms with Gasteiger partial charge in [-0.15, -0.1) is 0 Å². The monoisotopic (exact) mass is 350 g/mol. The molecule has 0 aliphatic rings. The SMILES string of the molecule is CC(C)N(Cc1ccccc1)c1ncc(C(=O)NCc2ccco2)cn1. The van der Waals surface area contributed by atoms with Crippen molar-refractivity contribution in [2.45, 2.75) is 33.0 Å². The van der Waals surface area contributed by atoms with Crippen LogP contribution in [0.15, 0.2) is 65.5 Å². The molecule has 0 radical (unpaired) electrons. The minimum atomic E-state index is -0.230. The van der Waals surface area contributed by atoms with Crippen molar-refractivity contribution in [3.05, 3.63) is 78.0 Å². The first kappa shape index (κ1) is 17.7. The third-order valence-corrected chi connectivity index (χ3v) is 3.98. The minimum Gasteiger partial charge on any atom is -0.467 e. The fourth-order valence-electron chi connectivity index (χ4n) is 2.53. The molecule has 0 saturated heterocycles. The average Bonchev–Trinajstić information content (AvgIpc) is 3.18. The van der Waals surface area contributed by atoms with Crippen molar-refractivity contribution in [3.8, 4) is 0 Å². The van der Waals surface area contributed by atoms with Gasteiger partial charge in [-0.1, -0.05) is 30.3 Å². The number of nitrogens with zero attached hydrogens (tertiary/aromatic N) is 3. The van der Waals surface area contributed by atoms with Gasteiger partial charge in [0, 0.05) is 25.0 Å². The van der Waals surface area contributed by atoms with Gasteiger partial charge in [-0.05, 0) is 31.5 Å². The van der Waals surface area contributed by atoms with Gasteiger partial charge in [0.2, 0.25) is 5.95 Å². The van der Waals surface area contributed by atoms with Gasteiger partial charge in [0.05, 0.1) is 18.4 Å². The van der Waals surface area contributed by atoms with Gasteiger partial charge in [0.1, 0.15) is 5.76 Å². The summed E-state index contributed by atoms with van der Waals surface area (Å²) < 4.78 is 5.20. The molecular weight excluding hydrogens is 328 g/mol. The van der Waals surface area contributed by atoms with Crippen molar-refractivity contribution in [2.75, 3.05) is 4.90 Å². The number of carbonyl (C=O) groups is 1. The highest BCUT2D eigenvalue weighted by molar-refractivity contribution is 5.93. The number of nitrogens with one attached hydrogen (secondary N) is 1. The molecule has 0 fully saturated rings. The van der Waals surface area contributed by atoms with Crippen LogP contribution in [0.4, 0.5) is 5.95 Å². The maximum absolute atomic E-state index is 12.2. The van der Waals surface area contributed by atoms with Gasteiger partial charge >= 0.3 is 0 Å². The molecule has 1 amide bonds. The molecule has 3 rings (SSSR count). The number of rotatable bonds is 7. The van der Waals surface area contributed by atoms with Crippen LogP contribution in [-0.2, 0) is 13.1 Å². The average molecular weight is 350 g/mol. The highest BCUT2D eigenvalue weighted by Crippen LogP contribution is 2.15. The highest BCUT2D eigenvalue weighted by Gasteiger charge is 2.15. The molecule has 0 aliphatic heterocycles. The van der Waals surface area contributed by atoms with Crippen molar-refractivity contribution < 1.29 is 9.21 Å². The summed E-state index contributed by atoms with van der Waals surface area (Å²) in [5.41, 5.74) is 1.61. The van der Waals surface area contributed by atoms with E-state index in [9.17, 15) is 4.79 Å². The summed E-state index contributed by atoms with van der Waals surface area (Å²) in [6, 6.07) is 14.0. The van der Waals surface area contributed by atoms with Crippen LogP contribution < -0.4 is 10.2 Å². The number of benzene rings is 1. The Morgan fingerprint density at radius 2 is 1.85 bits per heavy atom. The van der Waals surface area contributed by atoms with Crippen molar-refractivity contribution in [2.24, 2.45) is 0 Å². The molecule has 0 spiro atoms. The molecule has 134 valence electrons. The Kier molecular flexibility index (Phi) is 5.63. The Hall–Kier alpha value is -3.15. The molecule has 6 nitrogen and oxygen atoms in total. The number of hydrogen-bond acceptors (Lipinski definition) is 5. The maximum Gasteiger partial charge on any atom is 0.254 e. The van der Waals surface area contributed by atoms with E-state index in [1.54, 1.807) is 24.7 Å². The van der Waals surface area contributed by atoms with Gasteiger partial charge in [-0.2, -0.15) is 0 Å². The molecule has 0 atom stereocenters. The van der Waals surface area contributed by atoms with Crippen LogP contribution in [0.25, 0.3) is 0 Å². The number of furan rings is 1. The number of hydrogen-bond donors (Lipinski definition) is 1. The first-order chi connectivity index (χ1) is 12.6. The minimum absolute atomic E-state index is 0.230. The molecule has 6 heteroatoms. The van der Waals surface area contributed by atoms with Crippen LogP contribution >= 0.6 is 0 Å². The second-order valence-corrected chi connectivity index (χ2v) is 6.24. The maximum atomic E-state index is 12.2. The molecule has 1 aromatic carbocycles. The summed E-state index contributed by atoms with van der Waals surface area (Å²) in [7, 11) is 0. The number of amides is 1. The van der Waals surface area contributed by atoms with Crippen LogP contribution in [-0.4, -0.2) is 21.9 Å². The highest BCUT2D eigenvalue weighted by atomic mass is 16.3. The lowest BCUT2D eigenvalue weighted by atomic mass is 10.2. The Labute approximate surface area is 152 Å². The predicted octanol–water partition coefficient (Wildman–Crippen LogP) is 3.41. The summed E-state index contributed by atoms with van der Waals surface area (Å²) in [6.45, 7) is 5.23. The number of carbonyl (C=O) groups excluding carboxylic acids is 1. The van der Waals surface area contributed by atoms with Crippen LogP contribution in [0, 0.1) is 0 Å². The summed E-state index contributed by atoms with van der Waals surface area (Å²) in [6.07, 6.45) is 4.69. The molecule has 26 heavy (non-hydrogen) atoms. The zero-order valence-corrected chi connectivity index (χ0v) is 14.9. The van der Waals surface area contributed by atoms with E-state index in [0.29, 0.717) is 30.4 Å². The molecule has 0 unspecified atom stereocenters. The topological polar surface area (TPSA) is 71.3 Å². The van der Waals surface area contributed by atoms with Crippen LogP contribution in [0.5, 0.6) is 0 Å². The van der Waals surface area contributed by atoms with E-state index in [-0.39, 0.29) is 11.9 Å². The molecule has 3 aromatic rings. The van der Waals surface area contributed by atoms with Crippen molar-refractivity contribution in [1.29, 1.82) is 0 Å². The van der Waals surface area contributed by atoms with E-state index in [1.165, 1.54) is 5.56 Å². The van der Waals surface area contributed by atoms with E-state index >= 15 is 0 Å². The van der Waals surface area contributed by atoms with Gasteiger partial charge in [0.15, 0.2) is 0 Å². The lowest BCUT2D eigenvalue weighted by molar-refractivity contribution is 0.0947. The van der Waals surface area contributed by atoms with E-state index in [1.807, 2.05) is 24.3 Å². The van der Waals surface area contributed by atoms with Crippen LogP contribution in [0.1, 0.15) is 35.5 Å². The smallest absolute Gasteiger partial charge is 0.254 e. The lowest BCUT2D eigenvalue weighted by Crippen LogP contribution is -2.32. The molecule has 0 saturated carbocycles. The molecule has 2 heterocycles. The zero-order chi connectivity index (χ0) is 18.4. The van der Waals surface area contributed by atoms with E-state index < -0.39 is 0 Å². The normalized spacial score (nSPS) is 10.7. The summed E-state index contributed by atoms with van der Waals surface area (Å²) in [5, 5.41) is 2.79. The van der Waals surface area contributed by atoms with E-state index in [4.69, 9.17) is 4.42 Å². The van der Waals surface area contributed by atoms with Crippen LogP contribution in [0.3, 0.4) is 0 Å². The quantitative estimate of drug-likeness (QED) is 0.707. The van der Waals surface area contributed by atoms with Gasteiger partial charge in [-0.3, -0.25) is 4.79 Å². The Balaban J connectivity index is 1.67. The Morgan fingerprint density at radius 1 is 1.12 bits per heavy atom. The predicted molar refractivity (Wildman–Crippen MR) is 99.7 cm³/mol. The van der Waals surface area contributed by atoms with Crippen molar-refractivity contribution in [1.82, 2.24) is 15.3 Å². The zero-order valence-electron chi connectivity index (χ0n) is 14.9. The fourth-order valence-corrected chi connectivity index (χ4v) is 2.53. The molecule has 0 bridgehead atoms.